The second-order valence-electron chi connectivity index (χ2n) is 6.18. The van der Waals surface area contributed by atoms with Crippen molar-refractivity contribution in [2.24, 2.45) is 11.1 Å². The number of amides is 2. The molecule has 22 heavy (non-hydrogen) atoms. The van der Waals surface area contributed by atoms with Crippen LogP contribution in [0, 0.1) is 5.41 Å². The molecule has 3 N–H and O–H groups in total. The van der Waals surface area contributed by atoms with Crippen LogP contribution < -0.4 is 11.1 Å². The van der Waals surface area contributed by atoms with Gasteiger partial charge in [-0.15, -0.1) is 12.4 Å². The fourth-order valence-corrected chi connectivity index (χ4v) is 3.09. The molecule has 0 saturated carbocycles. The minimum absolute atomic E-state index is 0. The molecule has 1 atom stereocenters. The molecule has 1 unspecified atom stereocenters. The maximum atomic E-state index is 12.5. The lowest BCUT2D eigenvalue weighted by atomic mass is 9.79. The van der Waals surface area contributed by atoms with Crippen LogP contribution in [0.5, 0.6) is 0 Å². The number of likely N-dealkylation sites (tertiary alicyclic amines) is 1. The molecule has 0 aromatic carbocycles. The third-order valence-electron chi connectivity index (χ3n) is 4.71. The Labute approximate surface area is 138 Å². The van der Waals surface area contributed by atoms with E-state index in [1.54, 1.807) is 6.92 Å². The van der Waals surface area contributed by atoms with Gasteiger partial charge in [0.25, 0.3) is 0 Å². The van der Waals surface area contributed by atoms with E-state index in [9.17, 15) is 9.59 Å². The summed E-state index contributed by atoms with van der Waals surface area (Å²) in [5.41, 5.74) is 5.25. The van der Waals surface area contributed by atoms with E-state index in [2.05, 4.69) is 5.32 Å². The number of nitrogens with two attached hydrogens (primary N) is 1. The van der Waals surface area contributed by atoms with Gasteiger partial charge in [-0.2, -0.15) is 0 Å². The topological polar surface area (TPSA) is 84.7 Å². The first kappa shape index (κ1) is 19.2. The van der Waals surface area contributed by atoms with Crippen LogP contribution in [0.15, 0.2) is 0 Å². The molecular weight excluding hydrogens is 306 g/mol. The molecule has 2 aliphatic rings. The van der Waals surface area contributed by atoms with Crippen molar-refractivity contribution >= 4 is 24.2 Å². The van der Waals surface area contributed by atoms with Crippen molar-refractivity contribution in [2.45, 2.75) is 45.1 Å². The highest BCUT2D eigenvalue weighted by atomic mass is 35.5. The highest BCUT2D eigenvalue weighted by Gasteiger charge is 2.40. The van der Waals surface area contributed by atoms with Crippen molar-refractivity contribution in [1.29, 1.82) is 0 Å². The molecule has 0 aromatic heterocycles. The normalized spacial score (nSPS) is 22.4. The van der Waals surface area contributed by atoms with Crippen molar-refractivity contribution in [3.8, 4) is 0 Å². The maximum Gasteiger partial charge on any atom is 0.244 e. The molecule has 2 rings (SSSR count). The van der Waals surface area contributed by atoms with Gasteiger partial charge in [0.1, 0.15) is 6.04 Å². The number of nitrogens with one attached hydrogen (secondary N) is 1. The first-order chi connectivity index (χ1) is 10.1. The van der Waals surface area contributed by atoms with E-state index in [4.69, 9.17) is 10.5 Å². The van der Waals surface area contributed by atoms with E-state index in [0.29, 0.717) is 32.6 Å². The average Bonchev–Trinajstić information content (AvgIpc) is 2.55. The molecule has 2 aliphatic heterocycles. The van der Waals surface area contributed by atoms with Gasteiger partial charge in [-0.1, -0.05) is 0 Å². The summed E-state index contributed by atoms with van der Waals surface area (Å²) in [5, 5.41) is 2.87. The smallest absolute Gasteiger partial charge is 0.244 e. The minimum Gasteiger partial charge on any atom is -0.381 e. The standard InChI is InChI=1S/C15H27N3O3.ClH/c1-12(13(19)18-7-3-2-4-8-18)17-14(20)15(11-16)5-9-21-10-6-15;/h12H,2-11,16H2,1H3,(H,17,20);1H. The highest BCUT2D eigenvalue weighted by molar-refractivity contribution is 5.90. The van der Waals surface area contributed by atoms with Crippen LogP contribution in [0.1, 0.15) is 39.0 Å². The number of piperidine rings is 1. The Morgan fingerprint density at radius 2 is 1.82 bits per heavy atom. The predicted molar refractivity (Wildman–Crippen MR) is 86.8 cm³/mol. The molecule has 7 heteroatoms. The van der Waals surface area contributed by atoms with Crippen LogP contribution in [0.4, 0.5) is 0 Å². The maximum absolute atomic E-state index is 12.5. The summed E-state index contributed by atoms with van der Waals surface area (Å²) in [6, 6.07) is -0.484. The van der Waals surface area contributed by atoms with E-state index < -0.39 is 11.5 Å². The van der Waals surface area contributed by atoms with E-state index in [1.165, 1.54) is 6.42 Å². The van der Waals surface area contributed by atoms with Crippen molar-refractivity contribution in [1.82, 2.24) is 10.2 Å². The van der Waals surface area contributed by atoms with Crippen LogP contribution in [-0.4, -0.2) is 55.6 Å². The minimum atomic E-state index is -0.575. The summed E-state index contributed by atoms with van der Waals surface area (Å²) < 4.78 is 5.31. The predicted octanol–water partition coefficient (Wildman–Crippen LogP) is 0.681. The molecule has 2 fully saturated rings. The SMILES string of the molecule is CC(NC(=O)C1(CN)CCOCC1)C(=O)N1CCCCC1.Cl. The summed E-state index contributed by atoms with van der Waals surface area (Å²) in [6.45, 7) is 4.77. The molecule has 0 bridgehead atoms. The Balaban J connectivity index is 0.00000242. The Morgan fingerprint density at radius 1 is 1.23 bits per heavy atom. The average molecular weight is 334 g/mol. The molecule has 0 aliphatic carbocycles. The third kappa shape index (κ3) is 4.33. The lowest BCUT2D eigenvalue weighted by Crippen LogP contribution is -2.55. The molecule has 2 heterocycles. The van der Waals surface area contributed by atoms with E-state index in [0.717, 1.165) is 25.9 Å². The number of carbonyl (C=O) groups excluding carboxylic acids is 2. The van der Waals surface area contributed by atoms with Gasteiger partial charge in [-0.25, -0.2) is 0 Å². The molecule has 2 saturated heterocycles. The van der Waals surface area contributed by atoms with Gasteiger partial charge in [0.05, 0.1) is 5.41 Å². The molecule has 0 spiro atoms. The number of hydrogen-bond donors (Lipinski definition) is 2. The van der Waals surface area contributed by atoms with Crippen LogP contribution in [-0.2, 0) is 14.3 Å². The molecule has 2 amide bonds. The van der Waals surface area contributed by atoms with Gasteiger partial charge in [-0.3, -0.25) is 9.59 Å². The van der Waals surface area contributed by atoms with Crippen LogP contribution in [0.3, 0.4) is 0 Å². The lowest BCUT2D eigenvalue weighted by Gasteiger charge is -2.36. The molecule has 0 aromatic rings. The summed E-state index contributed by atoms with van der Waals surface area (Å²) in [4.78, 5) is 26.8. The summed E-state index contributed by atoms with van der Waals surface area (Å²) in [7, 11) is 0. The fourth-order valence-electron chi connectivity index (χ4n) is 3.09. The molecular formula is C15H28ClN3O3. The Bertz CT molecular complexity index is 380. The van der Waals surface area contributed by atoms with E-state index in [1.807, 2.05) is 4.90 Å². The van der Waals surface area contributed by atoms with Gasteiger partial charge < -0.3 is 20.7 Å². The van der Waals surface area contributed by atoms with Crippen LogP contribution in [0.2, 0.25) is 0 Å². The van der Waals surface area contributed by atoms with Crippen molar-refractivity contribution in [2.75, 3.05) is 32.8 Å². The van der Waals surface area contributed by atoms with Gasteiger partial charge in [-0.05, 0) is 39.0 Å². The summed E-state index contributed by atoms with van der Waals surface area (Å²) in [5.74, 6) is -0.0894. The fraction of sp³-hybridized carbons (Fsp3) is 0.867. The van der Waals surface area contributed by atoms with E-state index in [-0.39, 0.29) is 24.2 Å². The largest absolute Gasteiger partial charge is 0.381 e. The zero-order valence-corrected chi connectivity index (χ0v) is 14.1. The first-order valence-corrected chi connectivity index (χ1v) is 7.97. The van der Waals surface area contributed by atoms with E-state index >= 15 is 0 Å². The van der Waals surface area contributed by atoms with Gasteiger partial charge >= 0.3 is 0 Å². The Kier molecular flexibility index (Phi) is 7.59. The second-order valence-corrected chi connectivity index (χ2v) is 6.18. The van der Waals surface area contributed by atoms with Crippen molar-refractivity contribution in [3.05, 3.63) is 0 Å². The number of hydrogen-bond acceptors (Lipinski definition) is 4. The Hall–Kier alpha value is -0.850. The number of nitrogens with zero attached hydrogens (tertiary/aromatic N) is 1. The van der Waals surface area contributed by atoms with Crippen molar-refractivity contribution in [3.63, 3.8) is 0 Å². The number of carbonyl (C=O) groups is 2. The van der Waals surface area contributed by atoms with Crippen LogP contribution in [0.25, 0.3) is 0 Å². The zero-order chi connectivity index (χ0) is 15.3. The summed E-state index contributed by atoms with van der Waals surface area (Å²) >= 11 is 0. The monoisotopic (exact) mass is 333 g/mol. The first-order valence-electron chi connectivity index (χ1n) is 7.97. The van der Waals surface area contributed by atoms with Gasteiger partial charge in [0, 0.05) is 32.8 Å². The number of rotatable bonds is 4. The van der Waals surface area contributed by atoms with Gasteiger partial charge in [0.2, 0.25) is 11.8 Å². The quantitative estimate of drug-likeness (QED) is 0.792. The highest BCUT2D eigenvalue weighted by Crippen LogP contribution is 2.29. The second kappa shape index (κ2) is 8.70. The molecule has 6 nitrogen and oxygen atoms in total. The molecule has 0 radical (unpaired) electrons. The molecule has 128 valence electrons. The van der Waals surface area contributed by atoms with Gasteiger partial charge in [0.15, 0.2) is 0 Å². The number of ether oxygens (including phenoxy) is 1. The summed E-state index contributed by atoms with van der Waals surface area (Å²) in [6.07, 6.45) is 4.54. The third-order valence-corrected chi connectivity index (χ3v) is 4.71. The Morgan fingerprint density at radius 3 is 2.36 bits per heavy atom. The zero-order valence-electron chi connectivity index (χ0n) is 13.3. The van der Waals surface area contributed by atoms with Crippen molar-refractivity contribution < 1.29 is 14.3 Å². The van der Waals surface area contributed by atoms with Crippen LogP contribution >= 0.6 is 12.4 Å². The lowest BCUT2D eigenvalue weighted by molar-refractivity contribution is -0.142. The number of halogens is 1.